The average molecular weight is 491 g/mol. The van der Waals surface area contributed by atoms with Crippen molar-refractivity contribution in [2.75, 3.05) is 5.32 Å². The van der Waals surface area contributed by atoms with Crippen molar-refractivity contribution in [3.8, 4) is 5.75 Å². The average Bonchev–Trinajstić information content (AvgIpc) is 2.77. The fourth-order valence-electron chi connectivity index (χ4n) is 2.39. The lowest BCUT2D eigenvalue weighted by Gasteiger charge is -2.06. The maximum Gasteiger partial charge on any atom is 0.343 e. The molecule has 3 aromatic carbocycles. The lowest BCUT2D eigenvalue weighted by atomic mass is 10.2. The lowest BCUT2D eigenvalue weighted by Crippen LogP contribution is -2.32. The maximum atomic E-state index is 12.2. The highest BCUT2D eigenvalue weighted by molar-refractivity contribution is 6.43. The first kappa shape index (κ1) is 23.3. The van der Waals surface area contributed by atoms with Gasteiger partial charge in [0.05, 0.1) is 21.8 Å². The summed E-state index contributed by atoms with van der Waals surface area (Å²) in [5, 5.41) is 7.17. The Morgan fingerprint density at radius 1 is 0.844 bits per heavy atom. The molecule has 0 aliphatic rings. The van der Waals surface area contributed by atoms with Crippen LogP contribution in [0.4, 0.5) is 5.69 Å². The van der Waals surface area contributed by atoms with Gasteiger partial charge in [-0.3, -0.25) is 9.59 Å². The van der Waals surface area contributed by atoms with E-state index in [2.05, 4.69) is 15.8 Å². The van der Waals surface area contributed by atoms with Crippen LogP contribution >= 0.6 is 34.8 Å². The molecule has 32 heavy (non-hydrogen) atoms. The number of esters is 1. The van der Waals surface area contributed by atoms with Crippen molar-refractivity contribution < 1.29 is 19.1 Å². The molecule has 0 aromatic heterocycles. The van der Waals surface area contributed by atoms with Gasteiger partial charge in [0.2, 0.25) is 0 Å². The quantitative estimate of drug-likeness (QED) is 0.174. The summed E-state index contributed by atoms with van der Waals surface area (Å²) in [5.41, 5.74) is 3.28. The highest BCUT2D eigenvalue weighted by atomic mass is 35.5. The van der Waals surface area contributed by atoms with Gasteiger partial charge >= 0.3 is 17.8 Å². The van der Waals surface area contributed by atoms with E-state index >= 15 is 0 Å². The van der Waals surface area contributed by atoms with Crippen LogP contribution in [0.3, 0.4) is 0 Å². The van der Waals surface area contributed by atoms with Crippen molar-refractivity contribution in [1.29, 1.82) is 0 Å². The minimum Gasteiger partial charge on any atom is -0.423 e. The summed E-state index contributed by atoms with van der Waals surface area (Å²) in [6, 6.07) is 17.1. The molecule has 0 atom stereocenters. The first-order valence-electron chi connectivity index (χ1n) is 8.99. The number of halogens is 3. The molecule has 0 aliphatic carbocycles. The van der Waals surface area contributed by atoms with E-state index in [4.69, 9.17) is 39.5 Å². The Hall–Kier alpha value is -3.39. The SMILES string of the molecule is O=C(N/N=C\c1cccc(OC(=O)c2ccc(Cl)cc2)c1)C(=O)Nc1ccc(Cl)c(Cl)c1. The van der Waals surface area contributed by atoms with Crippen LogP contribution in [0.2, 0.25) is 15.1 Å². The molecule has 0 aliphatic heterocycles. The number of rotatable bonds is 5. The molecule has 0 bridgehead atoms. The van der Waals surface area contributed by atoms with Crippen LogP contribution in [0.1, 0.15) is 15.9 Å². The largest absolute Gasteiger partial charge is 0.423 e. The maximum absolute atomic E-state index is 12.2. The van der Waals surface area contributed by atoms with Gasteiger partial charge in [-0.15, -0.1) is 0 Å². The van der Waals surface area contributed by atoms with E-state index in [9.17, 15) is 14.4 Å². The van der Waals surface area contributed by atoms with Crippen molar-refractivity contribution in [1.82, 2.24) is 5.43 Å². The molecular formula is C22H14Cl3N3O4. The number of hydrogen-bond donors (Lipinski definition) is 2. The minimum absolute atomic E-state index is 0.236. The molecule has 0 saturated carbocycles. The normalized spacial score (nSPS) is 10.6. The van der Waals surface area contributed by atoms with Crippen LogP contribution < -0.4 is 15.5 Å². The van der Waals surface area contributed by atoms with E-state index in [0.717, 1.165) is 0 Å². The van der Waals surface area contributed by atoms with Crippen LogP contribution in [-0.4, -0.2) is 24.0 Å². The van der Waals surface area contributed by atoms with Gasteiger partial charge in [0.15, 0.2) is 0 Å². The van der Waals surface area contributed by atoms with Crippen LogP contribution in [0.5, 0.6) is 5.75 Å². The highest BCUT2D eigenvalue weighted by Gasteiger charge is 2.13. The van der Waals surface area contributed by atoms with Gasteiger partial charge in [-0.05, 0) is 60.2 Å². The summed E-state index contributed by atoms with van der Waals surface area (Å²) in [6.45, 7) is 0. The second-order valence-corrected chi connectivity index (χ2v) is 7.50. The molecule has 2 amide bonds. The molecular weight excluding hydrogens is 477 g/mol. The number of carbonyl (C=O) groups excluding carboxylic acids is 3. The standard InChI is InChI=1S/C22H14Cl3N3O4/c23-15-6-4-14(5-7-15)22(31)32-17-3-1-2-13(10-17)12-26-28-21(30)20(29)27-16-8-9-18(24)19(25)11-16/h1-12H,(H,27,29)(H,28,30)/b26-12-. The Bertz CT molecular complexity index is 1200. The molecule has 7 nitrogen and oxygen atoms in total. The van der Waals surface area contributed by atoms with E-state index < -0.39 is 17.8 Å². The Morgan fingerprint density at radius 2 is 1.59 bits per heavy atom. The number of hydrogen-bond acceptors (Lipinski definition) is 5. The molecule has 2 N–H and O–H groups in total. The summed E-state index contributed by atoms with van der Waals surface area (Å²) in [4.78, 5) is 36.0. The summed E-state index contributed by atoms with van der Waals surface area (Å²) in [7, 11) is 0. The first-order valence-corrected chi connectivity index (χ1v) is 10.1. The smallest absolute Gasteiger partial charge is 0.343 e. The molecule has 3 rings (SSSR count). The second-order valence-electron chi connectivity index (χ2n) is 6.25. The Morgan fingerprint density at radius 3 is 2.31 bits per heavy atom. The van der Waals surface area contributed by atoms with Gasteiger partial charge in [-0.2, -0.15) is 5.10 Å². The molecule has 10 heteroatoms. The molecule has 162 valence electrons. The third kappa shape index (κ3) is 6.55. The van der Waals surface area contributed by atoms with E-state index in [0.29, 0.717) is 26.9 Å². The summed E-state index contributed by atoms with van der Waals surface area (Å²) >= 11 is 17.5. The molecule has 0 saturated heterocycles. The zero-order valence-electron chi connectivity index (χ0n) is 16.1. The zero-order chi connectivity index (χ0) is 23.1. The van der Waals surface area contributed by atoms with Gasteiger partial charge < -0.3 is 10.1 Å². The number of amides is 2. The highest BCUT2D eigenvalue weighted by Crippen LogP contribution is 2.25. The third-order valence-electron chi connectivity index (χ3n) is 3.91. The van der Waals surface area contributed by atoms with Crippen LogP contribution in [0, 0.1) is 0 Å². The fraction of sp³-hybridized carbons (Fsp3) is 0. The van der Waals surface area contributed by atoms with Gasteiger partial charge in [0.25, 0.3) is 0 Å². The third-order valence-corrected chi connectivity index (χ3v) is 4.90. The number of nitrogens with zero attached hydrogens (tertiary/aromatic N) is 1. The molecule has 0 fully saturated rings. The minimum atomic E-state index is -0.988. The Kier molecular flexibility index (Phi) is 7.83. The van der Waals surface area contributed by atoms with E-state index in [-0.39, 0.29) is 10.8 Å². The monoisotopic (exact) mass is 489 g/mol. The molecule has 3 aromatic rings. The predicted octanol–water partition coefficient (Wildman–Crippen LogP) is 4.95. The van der Waals surface area contributed by atoms with E-state index in [1.54, 1.807) is 48.5 Å². The Labute approximate surface area is 197 Å². The van der Waals surface area contributed by atoms with Gasteiger partial charge in [0, 0.05) is 10.7 Å². The van der Waals surface area contributed by atoms with Gasteiger partial charge in [0.1, 0.15) is 5.75 Å². The first-order chi connectivity index (χ1) is 15.3. The van der Waals surface area contributed by atoms with Crippen molar-refractivity contribution >= 4 is 64.5 Å². The van der Waals surface area contributed by atoms with Gasteiger partial charge in [-0.1, -0.05) is 46.9 Å². The molecule has 0 heterocycles. The van der Waals surface area contributed by atoms with Crippen LogP contribution in [0.25, 0.3) is 0 Å². The number of carbonyl (C=O) groups is 3. The number of nitrogens with one attached hydrogen (secondary N) is 2. The van der Waals surface area contributed by atoms with Crippen LogP contribution in [0.15, 0.2) is 71.8 Å². The van der Waals surface area contributed by atoms with Crippen molar-refractivity contribution in [2.24, 2.45) is 5.10 Å². The molecule has 0 unspecified atom stereocenters. The lowest BCUT2D eigenvalue weighted by molar-refractivity contribution is -0.136. The number of benzene rings is 3. The predicted molar refractivity (Wildman–Crippen MR) is 124 cm³/mol. The molecule has 0 spiro atoms. The summed E-state index contributed by atoms with van der Waals surface area (Å²) in [5.74, 6) is -2.20. The number of ether oxygens (including phenoxy) is 1. The fourth-order valence-corrected chi connectivity index (χ4v) is 2.81. The van der Waals surface area contributed by atoms with Crippen molar-refractivity contribution in [2.45, 2.75) is 0 Å². The summed E-state index contributed by atoms with van der Waals surface area (Å²) < 4.78 is 5.32. The second kappa shape index (κ2) is 10.8. The number of anilines is 1. The van der Waals surface area contributed by atoms with Gasteiger partial charge in [-0.25, -0.2) is 10.2 Å². The van der Waals surface area contributed by atoms with E-state index in [1.165, 1.54) is 24.4 Å². The number of hydrazone groups is 1. The van der Waals surface area contributed by atoms with Crippen molar-refractivity contribution in [3.63, 3.8) is 0 Å². The Balaban J connectivity index is 1.56. The topological polar surface area (TPSA) is 96.9 Å². The van der Waals surface area contributed by atoms with E-state index in [1.807, 2.05) is 0 Å². The van der Waals surface area contributed by atoms with Crippen molar-refractivity contribution in [3.05, 3.63) is 92.9 Å². The summed E-state index contributed by atoms with van der Waals surface area (Å²) in [6.07, 6.45) is 1.30. The van der Waals surface area contributed by atoms with Crippen LogP contribution in [-0.2, 0) is 9.59 Å². The zero-order valence-corrected chi connectivity index (χ0v) is 18.4. The molecule has 0 radical (unpaired) electrons.